The molecule has 0 unspecified atom stereocenters. The van der Waals surface area contributed by atoms with E-state index >= 15 is 0 Å². The minimum absolute atomic E-state index is 0.0596. The molecule has 4 heteroatoms. The first kappa shape index (κ1) is 15.1. The number of rotatable bonds is 4. The van der Waals surface area contributed by atoms with Crippen LogP contribution in [0.3, 0.4) is 0 Å². The lowest BCUT2D eigenvalue weighted by Crippen LogP contribution is -2.26. The van der Waals surface area contributed by atoms with Gasteiger partial charge in [0.05, 0.1) is 6.04 Å². The molecule has 0 saturated heterocycles. The Morgan fingerprint density at radius 2 is 1.75 bits per heavy atom. The van der Waals surface area contributed by atoms with Crippen molar-refractivity contribution >= 4 is 33.4 Å². The lowest BCUT2D eigenvalue weighted by molar-refractivity contribution is 0.0940. The minimum atomic E-state index is -0.0754. The maximum Gasteiger partial charge on any atom is 0.251 e. The summed E-state index contributed by atoms with van der Waals surface area (Å²) in [6.45, 7) is 1.95. The highest BCUT2D eigenvalue weighted by Crippen LogP contribution is 2.17. The Morgan fingerprint density at radius 3 is 2.30 bits per heavy atom. The third kappa shape index (κ3) is 3.84. The van der Waals surface area contributed by atoms with Gasteiger partial charge in [-0.2, -0.15) is 0 Å². The van der Waals surface area contributed by atoms with Crippen molar-refractivity contribution in [3.05, 3.63) is 70.2 Å². The zero-order valence-electron chi connectivity index (χ0n) is 11.1. The maximum absolute atomic E-state index is 12.1. The fraction of sp³-hybridized carbons (Fsp3) is 0.188. The van der Waals surface area contributed by atoms with E-state index in [4.69, 9.17) is 11.6 Å². The molecule has 2 nitrogen and oxygen atoms in total. The predicted molar refractivity (Wildman–Crippen MR) is 86.4 cm³/mol. The number of alkyl halides is 1. The van der Waals surface area contributed by atoms with Crippen LogP contribution in [0, 0.1) is 0 Å². The van der Waals surface area contributed by atoms with Gasteiger partial charge >= 0.3 is 0 Å². The van der Waals surface area contributed by atoms with Crippen molar-refractivity contribution in [2.24, 2.45) is 0 Å². The highest BCUT2D eigenvalue weighted by molar-refractivity contribution is 9.08. The van der Waals surface area contributed by atoms with Gasteiger partial charge in [-0.3, -0.25) is 4.79 Å². The van der Waals surface area contributed by atoms with Crippen LogP contribution in [0.25, 0.3) is 0 Å². The minimum Gasteiger partial charge on any atom is -0.346 e. The van der Waals surface area contributed by atoms with Crippen molar-refractivity contribution in [1.82, 2.24) is 5.32 Å². The predicted octanol–water partition coefficient (Wildman–Crippen LogP) is 4.73. The van der Waals surface area contributed by atoms with Gasteiger partial charge < -0.3 is 5.32 Å². The second-order valence-electron chi connectivity index (χ2n) is 4.58. The molecule has 0 aliphatic heterocycles. The number of benzene rings is 2. The largest absolute Gasteiger partial charge is 0.346 e. The highest BCUT2D eigenvalue weighted by Gasteiger charge is 2.11. The quantitative estimate of drug-likeness (QED) is 0.792. The van der Waals surface area contributed by atoms with Crippen molar-refractivity contribution in [2.75, 3.05) is 0 Å². The van der Waals surface area contributed by atoms with Crippen LogP contribution in [-0.4, -0.2) is 5.91 Å². The lowest BCUT2D eigenvalue weighted by Gasteiger charge is -2.14. The van der Waals surface area contributed by atoms with Crippen molar-refractivity contribution in [1.29, 1.82) is 0 Å². The summed E-state index contributed by atoms with van der Waals surface area (Å²) in [5.74, 6) is -0.0754. The molecule has 2 aromatic carbocycles. The van der Waals surface area contributed by atoms with Crippen LogP contribution in [0.1, 0.15) is 34.5 Å². The fourth-order valence-electron chi connectivity index (χ4n) is 1.86. The first-order valence-electron chi connectivity index (χ1n) is 6.31. The van der Waals surface area contributed by atoms with Gasteiger partial charge in [-0.05, 0) is 42.3 Å². The lowest BCUT2D eigenvalue weighted by atomic mass is 10.1. The third-order valence-corrected chi connectivity index (χ3v) is 3.99. The van der Waals surface area contributed by atoms with Crippen LogP contribution in [0.4, 0.5) is 0 Å². The second kappa shape index (κ2) is 6.91. The number of hydrogen-bond acceptors (Lipinski definition) is 1. The van der Waals surface area contributed by atoms with Crippen molar-refractivity contribution in [3.63, 3.8) is 0 Å². The number of carbonyl (C=O) groups excluding carboxylic acids is 1. The van der Waals surface area contributed by atoms with E-state index in [0.717, 1.165) is 16.5 Å². The van der Waals surface area contributed by atoms with E-state index in [1.165, 1.54) is 0 Å². The van der Waals surface area contributed by atoms with Crippen LogP contribution < -0.4 is 5.32 Å². The van der Waals surface area contributed by atoms with Crippen LogP contribution in [0.2, 0.25) is 5.02 Å². The number of nitrogens with one attached hydrogen (secondary N) is 1. The Kier molecular flexibility index (Phi) is 5.21. The summed E-state index contributed by atoms with van der Waals surface area (Å²) < 4.78 is 0. The number of amides is 1. The standard InChI is InChI=1S/C16H15BrClNO/c1-11(13-6-8-15(18)9-7-13)19-16(20)14-4-2-12(10-17)3-5-14/h2-9,11H,10H2,1H3,(H,19,20)/t11-/m1/s1. The molecule has 0 radical (unpaired) electrons. The Hall–Kier alpha value is -1.32. The molecule has 0 aliphatic rings. The van der Waals surface area contributed by atoms with Gasteiger partial charge in [0.2, 0.25) is 0 Å². The first-order chi connectivity index (χ1) is 9.60. The molecule has 0 fully saturated rings. The van der Waals surface area contributed by atoms with Gasteiger partial charge in [-0.15, -0.1) is 0 Å². The number of carbonyl (C=O) groups is 1. The molecule has 1 atom stereocenters. The molecule has 0 aromatic heterocycles. The SMILES string of the molecule is C[C@@H](NC(=O)c1ccc(CBr)cc1)c1ccc(Cl)cc1. The van der Waals surface area contributed by atoms with Gasteiger partial charge in [0.15, 0.2) is 0 Å². The summed E-state index contributed by atoms with van der Waals surface area (Å²) in [7, 11) is 0. The summed E-state index contributed by atoms with van der Waals surface area (Å²) in [5, 5.41) is 4.46. The smallest absolute Gasteiger partial charge is 0.251 e. The van der Waals surface area contributed by atoms with E-state index < -0.39 is 0 Å². The second-order valence-corrected chi connectivity index (χ2v) is 5.57. The van der Waals surface area contributed by atoms with E-state index in [1.807, 2.05) is 55.5 Å². The Morgan fingerprint density at radius 1 is 1.15 bits per heavy atom. The molecule has 1 N–H and O–H groups in total. The summed E-state index contributed by atoms with van der Waals surface area (Å²) in [6, 6.07) is 15.0. The summed E-state index contributed by atoms with van der Waals surface area (Å²) in [6.07, 6.45) is 0. The molecule has 2 aromatic rings. The van der Waals surface area contributed by atoms with E-state index in [0.29, 0.717) is 10.6 Å². The summed E-state index contributed by atoms with van der Waals surface area (Å²) >= 11 is 9.24. The molecule has 0 saturated carbocycles. The zero-order valence-corrected chi connectivity index (χ0v) is 13.4. The molecule has 0 bridgehead atoms. The van der Waals surface area contributed by atoms with Gasteiger partial charge in [0.1, 0.15) is 0 Å². The normalized spacial score (nSPS) is 11.9. The van der Waals surface area contributed by atoms with Crippen molar-refractivity contribution in [2.45, 2.75) is 18.3 Å². The Bertz CT molecular complexity index is 580. The molecule has 2 rings (SSSR count). The molecule has 104 valence electrons. The number of halogens is 2. The van der Waals surface area contributed by atoms with Gasteiger partial charge in [0.25, 0.3) is 5.91 Å². The molecular weight excluding hydrogens is 338 g/mol. The third-order valence-electron chi connectivity index (χ3n) is 3.09. The highest BCUT2D eigenvalue weighted by atomic mass is 79.9. The molecule has 0 spiro atoms. The topological polar surface area (TPSA) is 29.1 Å². The average Bonchev–Trinajstić information content (AvgIpc) is 2.48. The van der Waals surface area contributed by atoms with Crippen molar-refractivity contribution < 1.29 is 4.79 Å². The zero-order chi connectivity index (χ0) is 14.5. The Balaban J connectivity index is 2.04. The fourth-order valence-corrected chi connectivity index (χ4v) is 2.36. The van der Waals surface area contributed by atoms with Gasteiger partial charge in [-0.1, -0.05) is 51.8 Å². The maximum atomic E-state index is 12.1. The van der Waals surface area contributed by atoms with Crippen LogP contribution in [0.5, 0.6) is 0 Å². The van der Waals surface area contributed by atoms with E-state index in [1.54, 1.807) is 0 Å². The van der Waals surface area contributed by atoms with Crippen LogP contribution in [0.15, 0.2) is 48.5 Å². The van der Waals surface area contributed by atoms with Crippen molar-refractivity contribution in [3.8, 4) is 0 Å². The van der Waals surface area contributed by atoms with Crippen LogP contribution >= 0.6 is 27.5 Å². The molecular formula is C16H15BrClNO. The van der Waals surface area contributed by atoms with Crippen LogP contribution in [-0.2, 0) is 5.33 Å². The monoisotopic (exact) mass is 351 g/mol. The van der Waals surface area contributed by atoms with Gasteiger partial charge in [-0.25, -0.2) is 0 Å². The van der Waals surface area contributed by atoms with Gasteiger partial charge in [0, 0.05) is 15.9 Å². The molecule has 0 aliphatic carbocycles. The average molecular weight is 353 g/mol. The molecule has 0 heterocycles. The molecule has 20 heavy (non-hydrogen) atoms. The number of hydrogen-bond donors (Lipinski definition) is 1. The summed E-state index contributed by atoms with van der Waals surface area (Å²) in [5.41, 5.74) is 2.84. The van der Waals surface area contributed by atoms with E-state index in [-0.39, 0.29) is 11.9 Å². The molecule has 1 amide bonds. The Labute approximate surface area is 132 Å². The first-order valence-corrected chi connectivity index (χ1v) is 7.81. The van der Waals surface area contributed by atoms with E-state index in [9.17, 15) is 4.79 Å². The van der Waals surface area contributed by atoms with E-state index in [2.05, 4.69) is 21.2 Å². The summed E-state index contributed by atoms with van der Waals surface area (Å²) in [4.78, 5) is 12.1.